The van der Waals surface area contributed by atoms with E-state index in [0.29, 0.717) is 16.6 Å². The van der Waals surface area contributed by atoms with Gasteiger partial charge in [-0.1, -0.05) is 36.8 Å². The Balaban J connectivity index is 1.95. The van der Waals surface area contributed by atoms with Crippen molar-refractivity contribution in [1.29, 1.82) is 0 Å². The van der Waals surface area contributed by atoms with Crippen LogP contribution < -0.4 is 0 Å². The van der Waals surface area contributed by atoms with E-state index in [1.165, 1.54) is 36.6 Å². The number of hydrogen-bond acceptors (Lipinski definition) is 2. The smallest absolute Gasteiger partial charge is 0.133 e. The highest BCUT2D eigenvalue weighted by molar-refractivity contribution is 7.71. The Morgan fingerprint density at radius 1 is 1.15 bits per heavy atom. The predicted octanol–water partition coefficient (Wildman–Crippen LogP) is 4.14. The van der Waals surface area contributed by atoms with Gasteiger partial charge in [0.05, 0.1) is 0 Å². The SMILES string of the molecule is Fc1ccccc1Cc1nc(=S)c2c([nH]1)CCCCC2. The molecule has 104 valence electrons. The Labute approximate surface area is 123 Å². The number of nitrogens with one attached hydrogen (secondary N) is 1. The lowest BCUT2D eigenvalue weighted by Gasteiger charge is -2.09. The van der Waals surface area contributed by atoms with E-state index in [-0.39, 0.29) is 5.82 Å². The Kier molecular flexibility index (Phi) is 3.92. The van der Waals surface area contributed by atoms with Gasteiger partial charge in [0.1, 0.15) is 16.3 Å². The molecule has 0 aliphatic heterocycles. The molecular weight excluding hydrogens is 271 g/mol. The summed E-state index contributed by atoms with van der Waals surface area (Å²) in [5.74, 6) is 0.573. The largest absolute Gasteiger partial charge is 0.347 e. The number of hydrogen-bond donors (Lipinski definition) is 1. The third-order valence-corrected chi connectivity index (χ3v) is 4.16. The van der Waals surface area contributed by atoms with Crippen molar-refractivity contribution in [2.24, 2.45) is 0 Å². The number of rotatable bonds is 2. The summed E-state index contributed by atoms with van der Waals surface area (Å²) in [7, 11) is 0. The van der Waals surface area contributed by atoms with Gasteiger partial charge < -0.3 is 4.98 Å². The summed E-state index contributed by atoms with van der Waals surface area (Å²) in [4.78, 5) is 7.83. The molecule has 0 fully saturated rings. The summed E-state index contributed by atoms with van der Waals surface area (Å²) < 4.78 is 14.4. The summed E-state index contributed by atoms with van der Waals surface area (Å²) in [5.41, 5.74) is 3.04. The van der Waals surface area contributed by atoms with Gasteiger partial charge in [0.15, 0.2) is 0 Å². The molecule has 0 bridgehead atoms. The van der Waals surface area contributed by atoms with Crippen LogP contribution in [-0.2, 0) is 19.3 Å². The number of aryl methyl sites for hydroxylation is 1. The first-order valence-corrected chi connectivity index (χ1v) is 7.49. The van der Waals surface area contributed by atoms with Crippen molar-refractivity contribution >= 4 is 12.2 Å². The summed E-state index contributed by atoms with van der Waals surface area (Å²) in [6.45, 7) is 0. The molecule has 20 heavy (non-hydrogen) atoms. The molecule has 0 saturated carbocycles. The van der Waals surface area contributed by atoms with E-state index in [4.69, 9.17) is 12.2 Å². The van der Waals surface area contributed by atoms with Gasteiger partial charge in [-0.15, -0.1) is 0 Å². The van der Waals surface area contributed by atoms with Crippen LogP contribution in [-0.4, -0.2) is 9.97 Å². The topological polar surface area (TPSA) is 28.7 Å². The third-order valence-electron chi connectivity index (χ3n) is 3.82. The Morgan fingerprint density at radius 3 is 2.80 bits per heavy atom. The van der Waals surface area contributed by atoms with Crippen LogP contribution in [0, 0.1) is 10.5 Å². The van der Waals surface area contributed by atoms with Crippen LogP contribution in [0.1, 0.15) is 41.9 Å². The van der Waals surface area contributed by atoms with Gasteiger partial charge in [0.2, 0.25) is 0 Å². The van der Waals surface area contributed by atoms with Crippen molar-refractivity contribution in [3.05, 3.63) is 57.4 Å². The molecule has 1 aliphatic rings. The summed E-state index contributed by atoms with van der Waals surface area (Å²) in [6.07, 6.45) is 6.09. The first-order valence-electron chi connectivity index (χ1n) is 7.08. The lowest BCUT2D eigenvalue weighted by atomic mass is 10.1. The van der Waals surface area contributed by atoms with Gasteiger partial charge >= 0.3 is 0 Å². The summed E-state index contributed by atoms with van der Waals surface area (Å²) in [6, 6.07) is 6.81. The van der Waals surface area contributed by atoms with E-state index >= 15 is 0 Å². The Morgan fingerprint density at radius 2 is 1.95 bits per heavy atom. The normalized spacial score (nSPS) is 14.7. The molecule has 2 nitrogen and oxygen atoms in total. The highest BCUT2D eigenvalue weighted by Crippen LogP contribution is 2.20. The summed E-state index contributed by atoms with van der Waals surface area (Å²) in [5, 5.41) is 0. The van der Waals surface area contributed by atoms with E-state index < -0.39 is 0 Å². The average Bonchev–Trinajstić information content (AvgIpc) is 2.67. The van der Waals surface area contributed by atoms with Gasteiger partial charge in [-0.25, -0.2) is 9.37 Å². The van der Waals surface area contributed by atoms with Crippen molar-refractivity contribution in [2.75, 3.05) is 0 Å². The molecule has 0 unspecified atom stereocenters. The van der Waals surface area contributed by atoms with E-state index in [0.717, 1.165) is 18.7 Å². The zero-order valence-corrected chi connectivity index (χ0v) is 12.1. The lowest BCUT2D eigenvalue weighted by Crippen LogP contribution is -2.06. The maximum absolute atomic E-state index is 13.7. The zero-order valence-electron chi connectivity index (χ0n) is 11.3. The fourth-order valence-electron chi connectivity index (χ4n) is 2.75. The fraction of sp³-hybridized carbons (Fsp3) is 0.375. The van der Waals surface area contributed by atoms with Crippen molar-refractivity contribution < 1.29 is 4.39 Å². The molecule has 0 saturated heterocycles. The highest BCUT2D eigenvalue weighted by atomic mass is 32.1. The second-order valence-corrected chi connectivity index (χ2v) is 5.66. The average molecular weight is 288 g/mol. The number of aromatic amines is 1. The molecule has 1 heterocycles. The van der Waals surface area contributed by atoms with Crippen LogP contribution in [0.5, 0.6) is 0 Å². The van der Waals surface area contributed by atoms with E-state index in [1.807, 2.05) is 6.07 Å². The third kappa shape index (κ3) is 2.80. The highest BCUT2D eigenvalue weighted by Gasteiger charge is 2.13. The molecule has 1 N–H and O–H groups in total. The van der Waals surface area contributed by atoms with E-state index in [2.05, 4.69) is 9.97 Å². The van der Waals surface area contributed by atoms with Crippen LogP contribution >= 0.6 is 12.2 Å². The van der Waals surface area contributed by atoms with Gasteiger partial charge in [-0.05, 0) is 37.3 Å². The second-order valence-electron chi connectivity index (χ2n) is 5.27. The van der Waals surface area contributed by atoms with Crippen LogP contribution in [0.25, 0.3) is 0 Å². The molecule has 1 aromatic heterocycles. The lowest BCUT2D eigenvalue weighted by molar-refractivity contribution is 0.611. The maximum Gasteiger partial charge on any atom is 0.133 e. The number of benzene rings is 1. The Hall–Kier alpha value is -1.55. The molecule has 3 rings (SSSR count). The molecule has 0 amide bonds. The molecule has 0 atom stereocenters. The van der Waals surface area contributed by atoms with Crippen LogP contribution in [0.4, 0.5) is 4.39 Å². The van der Waals surface area contributed by atoms with Gasteiger partial charge in [-0.3, -0.25) is 0 Å². The quantitative estimate of drug-likeness (QED) is 0.664. The number of aromatic nitrogens is 2. The standard InChI is InChI=1S/C16H17FN2S/c17-13-8-5-4-6-11(13)10-15-18-14-9-3-1-2-7-12(14)16(20)19-15/h4-6,8H,1-3,7,9-10H2,(H,18,19,20). The van der Waals surface area contributed by atoms with Gasteiger partial charge in [0.25, 0.3) is 0 Å². The predicted molar refractivity (Wildman–Crippen MR) is 79.9 cm³/mol. The number of halogens is 1. The van der Waals surface area contributed by atoms with Crippen LogP contribution in [0.15, 0.2) is 24.3 Å². The van der Waals surface area contributed by atoms with Crippen molar-refractivity contribution in [2.45, 2.75) is 38.5 Å². The second kappa shape index (κ2) is 5.83. The molecule has 1 aromatic carbocycles. The summed E-state index contributed by atoms with van der Waals surface area (Å²) >= 11 is 5.41. The molecule has 4 heteroatoms. The first-order chi connectivity index (χ1) is 9.74. The molecule has 0 radical (unpaired) electrons. The van der Waals surface area contributed by atoms with Crippen molar-refractivity contribution in [1.82, 2.24) is 9.97 Å². The maximum atomic E-state index is 13.7. The Bertz CT molecular complexity index is 678. The minimum atomic E-state index is -0.191. The molecule has 1 aliphatic carbocycles. The molecular formula is C16H17FN2S. The minimum absolute atomic E-state index is 0.191. The van der Waals surface area contributed by atoms with Crippen molar-refractivity contribution in [3.63, 3.8) is 0 Å². The molecule has 2 aromatic rings. The monoisotopic (exact) mass is 288 g/mol. The van der Waals surface area contributed by atoms with Crippen LogP contribution in [0.3, 0.4) is 0 Å². The van der Waals surface area contributed by atoms with Crippen molar-refractivity contribution in [3.8, 4) is 0 Å². The van der Waals surface area contributed by atoms with E-state index in [9.17, 15) is 4.39 Å². The van der Waals surface area contributed by atoms with Gasteiger partial charge in [0, 0.05) is 17.7 Å². The number of fused-ring (bicyclic) bond motifs is 1. The molecule has 0 spiro atoms. The fourth-order valence-corrected chi connectivity index (χ4v) is 3.09. The van der Waals surface area contributed by atoms with Crippen LogP contribution in [0.2, 0.25) is 0 Å². The first kappa shape index (κ1) is 13.4. The minimum Gasteiger partial charge on any atom is -0.347 e. The zero-order chi connectivity index (χ0) is 13.9. The number of nitrogens with zero attached hydrogens (tertiary/aromatic N) is 1. The van der Waals surface area contributed by atoms with Gasteiger partial charge in [-0.2, -0.15) is 0 Å². The van der Waals surface area contributed by atoms with E-state index in [1.54, 1.807) is 12.1 Å². The number of H-pyrrole nitrogens is 1.